The number of benzene rings is 1. The highest BCUT2D eigenvalue weighted by Gasteiger charge is 2.26. The van der Waals surface area contributed by atoms with Gasteiger partial charge in [-0.25, -0.2) is 0 Å². The van der Waals surface area contributed by atoms with Gasteiger partial charge in [0.1, 0.15) is 0 Å². The molecule has 1 aliphatic heterocycles. The zero-order chi connectivity index (χ0) is 11.0. The Morgan fingerprint density at radius 3 is 2.76 bits per heavy atom. The average Bonchev–Trinajstić information content (AvgIpc) is 2.82. The maximum atomic E-state index is 2.45. The Labute approximate surface area is 123 Å². The van der Waals surface area contributed by atoms with Gasteiger partial charge in [0.2, 0.25) is 0 Å². The Hall–Kier alpha value is -0.390. The first-order chi connectivity index (χ1) is 7.86. The van der Waals surface area contributed by atoms with Gasteiger partial charge < -0.3 is 0 Å². The number of hydrogen-bond acceptors (Lipinski definition) is 2. The molecule has 17 heavy (non-hydrogen) atoms. The zero-order valence-electron chi connectivity index (χ0n) is 9.80. The van der Waals surface area contributed by atoms with Crippen LogP contribution >= 0.6 is 35.3 Å². The summed E-state index contributed by atoms with van der Waals surface area (Å²) in [7, 11) is 2.22. The van der Waals surface area contributed by atoms with E-state index < -0.39 is 0 Å². The van der Waals surface area contributed by atoms with Crippen LogP contribution in [-0.2, 0) is 6.42 Å². The third-order valence-corrected chi connectivity index (χ3v) is 4.26. The van der Waals surface area contributed by atoms with Crippen molar-refractivity contribution in [3.05, 3.63) is 57.8 Å². The monoisotopic (exact) mass is 357 g/mol. The highest BCUT2D eigenvalue weighted by Crippen LogP contribution is 2.35. The molecule has 0 bridgehead atoms. The third kappa shape index (κ3) is 2.41. The van der Waals surface area contributed by atoms with Crippen LogP contribution in [0.15, 0.2) is 41.8 Å². The lowest BCUT2D eigenvalue weighted by Crippen LogP contribution is -2.32. The van der Waals surface area contributed by atoms with Crippen LogP contribution in [0.3, 0.4) is 0 Å². The van der Waals surface area contributed by atoms with Crippen LogP contribution in [0.1, 0.15) is 22.0 Å². The first kappa shape index (κ1) is 13.1. The Bertz CT molecular complexity index is 481. The summed E-state index contributed by atoms with van der Waals surface area (Å²) in [4.78, 5) is 3.91. The van der Waals surface area contributed by atoms with Crippen LogP contribution in [0.25, 0.3) is 0 Å². The van der Waals surface area contributed by atoms with Crippen molar-refractivity contribution in [2.75, 3.05) is 13.6 Å². The average molecular weight is 357 g/mol. The standard InChI is InChI=1S/C14H15NS.HI/c1-15-9-8-11-5-2-3-6-12(11)14(15)13-7-4-10-16-13;/h2-7,10,14H,8-9H2,1H3;1H. The van der Waals surface area contributed by atoms with E-state index in [0.717, 1.165) is 6.54 Å². The fourth-order valence-corrected chi connectivity index (χ4v) is 3.42. The predicted molar refractivity (Wildman–Crippen MR) is 84.4 cm³/mol. The van der Waals surface area contributed by atoms with Crippen molar-refractivity contribution in [3.8, 4) is 0 Å². The van der Waals surface area contributed by atoms with Gasteiger partial charge in [0.05, 0.1) is 6.04 Å². The van der Waals surface area contributed by atoms with Crippen LogP contribution in [-0.4, -0.2) is 18.5 Å². The topological polar surface area (TPSA) is 3.24 Å². The van der Waals surface area contributed by atoms with Crippen molar-refractivity contribution in [1.29, 1.82) is 0 Å². The van der Waals surface area contributed by atoms with Gasteiger partial charge in [0.15, 0.2) is 0 Å². The van der Waals surface area contributed by atoms with Crippen LogP contribution < -0.4 is 0 Å². The van der Waals surface area contributed by atoms with E-state index in [9.17, 15) is 0 Å². The first-order valence-corrected chi connectivity index (χ1v) is 6.55. The fraction of sp³-hybridized carbons (Fsp3) is 0.286. The molecule has 0 saturated heterocycles. The van der Waals surface area contributed by atoms with E-state index in [4.69, 9.17) is 0 Å². The molecule has 1 aromatic carbocycles. The summed E-state index contributed by atoms with van der Waals surface area (Å²) in [6.45, 7) is 1.15. The molecule has 1 nitrogen and oxygen atoms in total. The molecule has 1 aromatic heterocycles. The Morgan fingerprint density at radius 1 is 1.18 bits per heavy atom. The minimum absolute atomic E-state index is 0. The SMILES string of the molecule is CN1CCc2ccccc2C1c1cccs1.I. The summed E-state index contributed by atoms with van der Waals surface area (Å²) in [6.07, 6.45) is 1.18. The molecule has 3 rings (SSSR count). The fourth-order valence-electron chi connectivity index (χ4n) is 2.51. The van der Waals surface area contributed by atoms with Crippen molar-refractivity contribution >= 4 is 35.3 Å². The summed E-state index contributed by atoms with van der Waals surface area (Å²) in [6, 6.07) is 13.7. The second-order valence-electron chi connectivity index (χ2n) is 4.35. The number of halogens is 1. The molecule has 0 aliphatic carbocycles. The van der Waals surface area contributed by atoms with Crippen LogP contribution in [0, 0.1) is 0 Å². The predicted octanol–water partition coefficient (Wildman–Crippen LogP) is 3.94. The molecular weight excluding hydrogens is 341 g/mol. The van der Waals surface area contributed by atoms with Crippen molar-refractivity contribution in [2.24, 2.45) is 0 Å². The van der Waals surface area contributed by atoms with Gasteiger partial charge >= 0.3 is 0 Å². The van der Waals surface area contributed by atoms with Gasteiger partial charge in [-0.3, -0.25) is 4.90 Å². The lowest BCUT2D eigenvalue weighted by atomic mass is 9.92. The van der Waals surface area contributed by atoms with Crippen LogP contribution in [0.2, 0.25) is 0 Å². The molecule has 1 aliphatic rings. The molecule has 2 aromatic rings. The lowest BCUT2D eigenvalue weighted by Gasteiger charge is -2.34. The number of thiophene rings is 1. The third-order valence-electron chi connectivity index (χ3n) is 3.34. The van der Waals surface area contributed by atoms with E-state index >= 15 is 0 Å². The molecule has 3 heteroatoms. The Balaban J connectivity index is 0.00000108. The van der Waals surface area contributed by atoms with Crippen molar-refractivity contribution in [1.82, 2.24) is 4.90 Å². The van der Waals surface area contributed by atoms with E-state index in [1.807, 2.05) is 11.3 Å². The number of nitrogens with zero attached hydrogens (tertiary/aromatic N) is 1. The molecule has 0 radical (unpaired) electrons. The summed E-state index contributed by atoms with van der Waals surface area (Å²) in [5.41, 5.74) is 3.00. The van der Waals surface area contributed by atoms with E-state index in [1.54, 1.807) is 0 Å². The second-order valence-corrected chi connectivity index (χ2v) is 5.33. The maximum Gasteiger partial charge on any atom is 0.0696 e. The van der Waals surface area contributed by atoms with Gasteiger partial charge in [-0.15, -0.1) is 35.3 Å². The Kier molecular flexibility index (Phi) is 4.22. The van der Waals surface area contributed by atoms with Gasteiger partial charge in [0, 0.05) is 11.4 Å². The highest BCUT2D eigenvalue weighted by molar-refractivity contribution is 14.0. The quantitative estimate of drug-likeness (QED) is 0.699. The minimum atomic E-state index is 0. The summed E-state index contributed by atoms with van der Waals surface area (Å²) < 4.78 is 0. The molecule has 0 saturated carbocycles. The molecule has 2 heterocycles. The van der Waals surface area contributed by atoms with Crippen molar-refractivity contribution in [3.63, 3.8) is 0 Å². The molecule has 0 spiro atoms. The van der Waals surface area contributed by atoms with Gasteiger partial charge in [-0.2, -0.15) is 0 Å². The number of rotatable bonds is 1. The summed E-state index contributed by atoms with van der Waals surface area (Å²) in [5, 5.41) is 2.17. The lowest BCUT2D eigenvalue weighted by molar-refractivity contribution is 0.268. The second kappa shape index (κ2) is 5.50. The zero-order valence-corrected chi connectivity index (χ0v) is 12.9. The molecule has 90 valence electrons. The summed E-state index contributed by atoms with van der Waals surface area (Å²) >= 11 is 1.86. The van der Waals surface area contributed by atoms with Gasteiger partial charge in [-0.05, 0) is 36.0 Å². The molecule has 1 unspecified atom stereocenters. The summed E-state index contributed by atoms with van der Waals surface area (Å²) in [5.74, 6) is 0. The number of fused-ring (bicyclic) bond motifs is 1. The van der Waals surface area contributed by atoms with Crippen LogP contribution in [0.4, 0.5) is 0 Å². The largest absolute Gasteiger partial charge is 0.294 e. The Morgan fingerprint density at radius 2 is 2.00 bits per heavy atom. The highest BCUT2D eigenvalue weighted by atomic mass is 127. The molecule has 0 fully saturated rings. The van der Waals surface area contributed by atoms with E-state index in [1.165, 1.54) is 22.4 Å². The minimum Gasteiger partial charge on any atom is -0.294 e. The molecule has 0 amide bonds. The van der Waals surface area contributed by atoms with E-state index in [-0.39, 0.29) is 24.0 Å². The first-order valence-electron chi connectivity index (χ1n) is 5.68. The van der Waals surface area contributed by atoms with Crippen molar-refractivity contribution in [2.45, 2.75) is 12.5 Å². The van der Waals surface area contributed by atoms with E-state index in [0.29, 0.717) is 6.04 Å². The number of hydrogen-bond donors (Lipinski definition) is 0. The molecule has 1 atom stereocenters. The van der Waals surface area contributed by atoms with Gasteiger partial charge in [-0.1, -0.05) is 30.3 Å². The van der Waals surface area contributed by atoms with E-state index in [2.05, 4.69) is 53.7 Å². The molecule has 0 N–H and O–H groups in total. The van der Waals surface area contributed by atoms with Crippen molar-refractivity contribution < 1.29 is 0 Å². The molecular formula is C14H16INS. The maximum absolute atomic E-state index is 2.45. The van der Waals surface area contributed by atoms with Crippen LogP contribution in [0.5, 0.6) is 0 Å². The smallest absolute Gasteiger partial charge is 0.0696 e. The van der Waals surface area contributed by atoms with Gasteiger partial charge in [0.25, 0.3) is 0 Å². The number of likely N-dealkylation sites (N-methyl/N-ethyl adjacent to an activating group) is 1. The normalized spacial score (nSPS) is 19.5.